The number of nitrogens with zero attached hydrogens (tertiary/aromatic N) is 2. The maximum Gasteiger partial charge on any atom is 0.323 e. The first-order valence-electron chi connectivity index (χ1n) is 6.43. The predicted molar refractivity (Wildman–Crippen MR) is 76.5 cm³/mol. The van der Waals surface area contributed by atoms with Crippen molar-refractivity contribution in [2.45, 2.75) is 20.8 Å². The zero-order valence-electron chi connectivity index (χ0n) is 12.1. The highest BCUT2D eigenvalue weighted by Gasteiger charge is 2.25. The fraction of sp³-hybridized carbons (Fsp3) is 0.267. The topological polar surface area (TPSA) is 83.6 Å². The Labute approximate surface area is 122 Å². The van der Waals surface area contributed by atoms with E-state index in [-0.39, 0.29) is 5.76 Å². The molecule has 1 aromatic heterocycles. The molecule has 110 valence electrons. The molecule has 6 heteroatoms. The molecule has 6 nitrogen and oxygen atoms in total. The number of hydrogen-bond donors (Lipinski definition) is 1. The number of rotatable bonds is 4. The fourth-order valence-corrected chi connectivity index (χ4v) is 1.99. The summed E-state index contributed by atoms with van der Waals surface area (Å²) in [4.78, 5) is 28.8. The van der Waals surface area contributed by atoms with Crippen molar-refractivity contribution in [3.8, 4) is 0 Å². The second kappa shape index (κ2) is 5.78. The molecule has 0 aliphatic rings. The number of oxazole rings is 1. The molecule has 0 aliphatic heterocycles. The van der Waals surface area contributed by atoms with Crippen LogP contribution in [0.25, 0.3) is 0 Å². The van der Waals surface area contributed by atoms with E-state index in [0.29, 0.717) is 17.3 Å². The quantitative estimate of drug-likeness (QED) is 0.933. The van der Waals surface area contributed by atoms with E-state index in [1.165, 1.54) is 0 Å². The molecule has 0 saturated heterocycles. The molecule has 1 aromatic carbocycles. The Bertz CT molecular complexity index is 673. The number of aliphatic carboxylic acids is 1. The molecular formula is C15H16N2O4. The first-order valence-corrected chi connectivity index (χ1v) is 6.43. The Hall–Kier alpha value is -2.63. The third-order valence-corrected chi connectivity index (χ3v) is 2.98. The lowest BCUT2D eigenvalue weighted by atomic mass is 10.2. The summed E-state index contributed by atoms with van der Waals surface area (Å²) in [5, 5.41) is 9.03. The molecule has 0 bridgehead atoms. The van der Waals surface area contributed by atoms with Gasteiger partial charge < -0.3 is 9.52 Å². The Morgan fingerprint density at radius 2 is 1.81 bits per heavy atom. The minimum atomic E-state index is -1.10. The van der Waals surface area contributed by atoms with Crippen molar-refractivity contribution >= 4 is 17.6 Å². The molecular weight excluding hydrogens is 272 g/mol. The lowest BCUT2D eigenvalue weighted by Gasteiger charge is -2.20. The molecule has 0 spiro atoms. The van der Waals surface area contributed by atoms with Crippen molar-refractivity contribution < 1.29 is 19.1 Å². The highest BCUT2D eigenvalue weighted by atomic mass is 16.4. The minimum absolute atomic E-state index is 0.0642. The Kier molecular flexibility index (Phi) is 4.07. The lowest BCUT2D eigenvalue weighted by Crippen LogP contribution is -2.35. The largest absolute Gasteiger partial charge is 0.480 e. The molecule has 21 heavy (non-hydrogen) atoms. The van der Waals surface area contributed by atoms with Crippen LogP contribution in [0.5, 0.6) is 0 Å². The van der Waals surface area contributed by atoms with E-state index in [1.807, 2.05) is 19.1 Å². The number of anilines is 1. The SMILES string of the molecule is Cc1ccc(N(CC(=O)O)C(=O)c2oc(C)nc2C)cc1. The number of carbonyl (C=O) groups is 2. The van der Waals surface area contributed by atoms with Crippen LogP contribution in [-0.4, -0.2) is 28.5 Å². The van der Waals surface area contributed by atoms with E-state index in [9.17, 15) is 9.59 Å². The predicted octanol–water partition coefficient (Wildman–Crippen LogP) is 2.33. The summed E-state index contributed by atoms with van der Waals surface area (Å²) in [6.45, 7) is 4.76. The Morgan fingerprint density at radius 3 is 2.29 bits per heavy atom. The normalized spacial score (nSPS) is 10.4. The molecule has 0 radical (unpaired) electrons. The van der Waals surface area contributed by atoms with Gasteiger partial charge in [-0.1, -0.05) is 17.7 Å². The Balaban J connectivity index is 2.40. The van der Waals surface area contributed by atoms with Crippen LogP contribution in [0.4, 0.5) is 5.69 Å². The van der Waals surface area contributed by atoms with Crippen LogP contribution < -0.4 is 4.90 Å². The van der Waals surface area contributed by atoms with Crippen LogP contribution in [0.15, 0.2) is 28.7 Å². The van der Waals surface area contributed by atoms with Crippen LogP contribution in [0.1, 0.15) is 27.7 Å². The summed E-state index contributed by atoms with van der Waals surface area (Å²) >= 11 is 0. The maximum absolute atomic E-state index is 12.5. The monoisotopic (exact) mass is 288 g/mol. The molecule has 0 fully saturated rings. The van der Waals surface area contributed by atoms with Gasteiger partial charge >= 0.3 is 5.97 Å². The van der Waals surface area contributed by atoms with Gasteiger partial charge in [0.2, 0.25) is 5.76 Å². The summed E-state index contributed by atoms with van der Waals surface area (Å²) in [7, 11) is 0. The molecule has 0 atom stereocenters. The van der Waals surface area contributed by atoms with Crippen LogP contribution >= 0.6 is 0 Å². The highest BCUT2D eigenvalue weighted by Crippen LogP contribution is 2.20. The van der Waals surface area contributed by atoms with E-state index in [4.69, 9.17) is 9.52 Å². The average Bonchev–Trinajstić information content (AvgIpc) is 2.75. The number of carbonyl (C=O) groups excluding carboxylic acids is 1. The van der Waals surface area contributed by atoms with Crippen LogP contribution in [0.2, 0.25) is 0 Å². The zero-order valence-corrected chi connectivity index (χ0v) is 12.1. The van der Waals surface area contributed by atoms with Gasteiger partial charge in [-0.3, -0.25) is 14.5 Å². The molecule has 0 unspecified atom stereocenters. The van der Waals surface area contributed by atoms with Gasteiger partial charge in [0.25, 0.3) is 5.91 Å². The summed E-state index contributed by atoms with van der Waals surface area (Å²) in [6.07, 6.45) is 0. The number of carboxylic acid groups (broad SMARTS) is 1. The maximum atomic E-state index is 12.5. The summed E-state index contributed by atoms with van der Waals surface area (Å²) in [5.41, 5.74) is 1.97. The fourth-order valence-electron chi connectivity index (χ4n) is 1.99. The zero-order chi connectivity index (χ0) is 15.6. The molecule has 1 heterocycles. The first kappa shape index (κ1) is 14.8. The van der Waals surface area contributed by atoms with Crippen LogP contribution in [0, 0.1) is 20.8 Å². The van der Waals surface area contributed by atoms with E-state index in [1.54, 1.807) is 26.0 Å². The number of benzene rings is 1. The minimum Gasteiger partial charge on any atom is -0.480 e. The number of amides is 1. The van der Waals surface area contributed by atoms with Crippen molar-refractivity contribution in [3.63, 3.8) is 0 Å². The molecule has 1 N–H and O–H groups in total. The Morgan fingerprint density at radius 1 is 1.19 bits per heavy atom. The smallest absolute Gasteiger partial charge is 0.323 e. The van der Waals surface area contributed by atoms with Gasteiger partial charge in [0.1, 0.15) is 6.54 Å². The van der Waals surface area contributed by atoms with Crippen LogP contribution in [-0.2, 0) is 4.79 Å². The van der Waals surface area contributed by atoms with E-state index in [2.05, 4.69) is 4.98 Å². The summed E-state index contributed by atoms with van der Waals surface area (Å²) in [6, 6.07) is 7.04. The number of aryl methyl sites for hydroxylation is 3. The van der Waals surface area contributed by atoms with E-state index < -0.39 is 18.4 Å². The van der Waals surface area contributed by atoms with E-state index in [0.717, 1.165) is 10.5 Å². The number of aromatic nitrogens is 1. The molecule has 2 aromatic rings. The molecule has 0 saturated carbocycles. The second-order valence-electron chi connectivity index (χ2n) is 4.77. The van der Waals surface area contributed by atoms with Gasteiger partial charge in [-0.25, -0.2) is 4.98 Å². The third kappa shape index (κ3) is 3.28. The van der Waals surface area contributed by atoms with Gasteiger partial charge in [-0.05, 0) is 26.0 Å². The van der Waals surface area contributed by atoms with Crippen molar-refractivity contribution in [1.82, 2.24) is 4.98 Å². The number of carboxylic acids is 1. The van der Waals surface area contributed by atoms with Crippen molar-refractivity contribution in [3.05, 3.63) is 47.2 Å². The van der Waals surface area contributed by atoms with Crippen molar-refractivity contribution in [2.24, 2.45) is 0 Å². The van der Waals surface area contributed by atoms with Gasteiger partial charge in [0.15, 0.2) is 5.89 Å². The van der Waals surface area contributed by atoms with Gasteiger partial charge in [-0.15, -0.1) is 0 Å². The molecule has 0 aliphatic carbocycles. The molecule has 1 amide bonds. The van der Waals surface area contributed by atoms with Crippen LogP contribution in [0.3, 0.4) is 0 Å². The van der Waals surface area contributed by atoms with Crippen molar-refractivity contribution in [1.29, 1.82) is 0 Å². The summed E-state index contributed by atoms with van der Waals surface area (Å²) < 4.78 is 5.29. The standard InChI is InChI=1S/C15H16N2O4/c1-9-4-6-12(7-5-9)17(8-13(18)19)15(20)14-10(2)16-11(3)21-14/h4-7H,8H2,1-3H3,(H,18,19). The number of hydrogen-bond acceptors (Lipinski definition) is 4. The van der Waals surface area contributed by atoms with Crippen molar-refractivity contribution in [2.75, 3.05) is 11.4 Å². The highest BCUT2D eigenvalue weighted by molar-refractivity contribution is 6.07. The van der Waals surface area contributed by atoms with Gasteiger partial charge in [0, 0.05) is 12.6 Å². The van der Waals surface area contributed by atoms with Gasteiger partial charge in [0.05, 0.1) is 5.69 Å². The van der Waals surface area contributed by atoms with E-state index >= 15 is 0 Å². The summed E-state index contributed by atoms with van der Waals surface area (Å²) in [5.74, 6) is -1.18. The molecule has 2 rings (SSSR count). The lowest BCUT2D eigenvalue weighted by molar-refractivity contribution is -0.135. The third-order valence-electron chi connectivity index (χ3n) is 2.98. The van der Waals surface area contributed by atoms with Gasteiger partial charge in [-0.2, -0.15) is 0 Å². The average molecular weight is 288 g/mol. The second-order valence-corrected chi connectivity index (χ2v) is 4.77. The first-order chi connectivity index (χ1) is 9.88.